The van der Waals surface area contributed by atoms with Crippen molar-refractivity contribution >= 4 is 23.2 Å². The molecule has 0 heterocycles. The molecule has 0 aliphatic carbocycles. The molecule has 2 amide bonds. The van der Waals surface area contributed by atoms with Crippen LogP contribution in [0, 0.1) is 0 Å². The van der Waals surface area contributed by atoms with Gasteiger partial charge in [0.2, 0.25) is 11.8 Å². The Kier molecular flexibility index (Phi) is 6.87. The summed E-state index contributed by atoms with van der Waals surface area (Å²) < 4.78 is 20.7. The molecule has 0 fully saturated rings. The van der Waals surface area contributed by atoms with Crippen molar-refractivity contribution < 1.29 is 28.5 Å². The van der Waals surface area contributed by atoms with E-state index < -0.39 is 11.8 Å². The zero-order valence-electron chi connectivity index (χ0n) is 15.6. The highest BCUT2D eigenvalue weighted by molar-refractivity contribution is 6.08. The van der Waals surface area contributed by atoms with E-state index in [9.17, 15) is 9.59 Å². The summed E-state index contributed by atoms with van der Waals surface area (Å²) >= 11 is 0. The highest BCUT2D eigenvalue weighted by Crippen LogP contribution is 2.30. The Labute approximate surface area is 157 Å². The third kappa shape index (κ3) is 5.27. The molecular weight excluding hydrogens is 352 g/mol. The summed E-state index contributed by atoms with van der Waals surface area (Å²) in [5, 5.41) is 5.29. The maximum Gasteiger partial charge on any atom is 0.233 e. The Bertz CT molecular complexity index is 822. The highest BCUT2D eigenvalue weighted by atomic mass is 16.5. The second-order valence-electron chi connectivity index (χ2n) is 5.41. The summed E-state index contributed by atoms with van der Waals surface area (Å²) in [6.45, 7) is 0. The van der Waals surface area contributed by atoms with Gasteiger partial charge in [0.1, 0.15) is 17.9 Å². The number of methoxy groups -OCH3 is 4. The summed E-state index contributed by atoms with van der Waals surface area (Å²) in [4.78, 5) is 24.3. The lowest BCUT2D eigenvalue weighted by Crippen LogP contribution is -2.21. The lowest BCUT2D eigenvalue weighted by atomic mass is 10.2. The van der Waals surface area contributed by atoms with Gasteiger partial charge in [-0.15, -0.1) is 0 Å². The van der Waals surface area contributed by atoms with Crippen LogP contribution in [0.5, 0.6) is 23.0 Å². The Morgan fingerprint density at radius 1 is 0.741 bits per heavy atom. The number of carbonyl (C=O) groups excluding carboxylic acids is 2. The first kappa shape index (κ1) is 19.9. The Morgan fingerprint density at radius 3 is 2.00 bits per heavy atom. The zero-order chi connectivity index (χ0) is 19.8. The number of amides is 2. The summed E-state index contributed by atoms with van der Waals surface area (Å²) in [5.74, 6) is 1.07. The van der Waals surface area contributed by atoms with Crippen LogP contribution in [-0.4, -0.2) is 40.3 Å². The van der Waals surface area contributed by atoms with Gasteiger partial charge < -0.3 is 29.6 Å². The van der Waals surface area contributed by atoms with E-state index in [0.717, 1.165) is 0 Å². The van der Waals surface area contributed by atoms with Gasteiger partial charge in [0.05, 0.1) is 34.1 Å². The van der Waals surface area contributed by atoms with Gasteiger partial charge >= 0.3 is 0 Å². The van der Waals surface area contributed by atoms with Gasteiger partial charge in [0, 0.05) is 17.8 Å². The molecule has 0 aromatic heterocycles. The molecule has 0 spiro atoms. The quantitative estimate of drug-likeness (QED) is 0.690. The molecule has 0 aliphatic rings. The monoisotopic (exact) mass is 374 g/mol. The van der Waals surface area contributed by atoms with Gasteiger partial charge in [-0.2, -0.15) is 0 Å². The highest BCUT2D eigenvalue weighted by Gasteiger charge is 2.14. The molecule has 2 rings (SSSR count). The smallest absolute Gasteiger partial charge is 0.233 e. The van der Waals surface area contributed by atoms with Gasteiger partial charge in [0.15, 0.2) is 11.5 Å². The van der Waals surface area contributed by atoms with Crippen LogP contribution in [0.15, 0.2) is 36.4 Å². The molecule has 2 aromatic carbocycles. The number of nitrogens with one attached hydrogen (secondary N) is 2. The Morgan fingerprint density at radius 2 is 1.37 bits per heavy atom. The van der Waals surface area contributed by atoms with Crippen molar-refractivity contribution in [1.82, 2.24) is 0 Å². The first-order valence-electron chi connectivity index (χ1n) is 8.04. The van der Waals surface area contributed by atoms with Crippen LogP contribution in [0.25, 0.3) is 0 Å². The minimum atomic E-state index is -0.487. The van der Waals surface area contributed by atoms with Gasteiger partial charge in [0.25, 0.3) is 0 Å². The van der Waals surface area contributed by atoms with Crippen LogP contribution in [0.1, 0.15) is 6.42 Å². The lowest BCUT2D eigenvalue weighted by molar-refractivity contribution is -0.123. The molecule has 2 aromatic rings. The maximum atomic E-state index is 12.2. The molecule has 0 unspecified atom stereocenters. The minimum Gasteiger partial charge on any atom is -0.497 e. The molecule has 2 N–H and O–H groups in total. The second-order valence-corrected chi connectivity index (χ2v) is 5.41. The topological polar surface area (TPSA) is 95.1 Å². The fraction of sp³-hybridized carbons (Fsp3) is 0.263. The van der Waals surface area contributed by atoms with Crippen molar-refractivity contribution in [3.63, 3.8) is 0 Å². The van der Waals surface area contributed by atoms with E-state index in [4.69, 9.17) is 18.9 Å². The van der Waals surface area contributed by atoms with Crippen molar-refractivity contribution in [3.8, 4) is 23.0 Å². The van der Waals surface area contributed by atoms with E-state index >= 15 is 0 Å². The standard InChI is InChI=1S/C19H22N2O6/c1-24-13-6-8-15(25-2)14(10-13)21-19(23)11-18(22)20-12-5-7-16(26-3)17(9-12)27-4/h5-10H,11H2,1-4H3,(H,20,22)(H,21,23). The van der Waals surface area contributed by atoms with E-state index in [1.165, 1.54) is 28.4 Å². The second kappa shape index (κ2) is 9.33. The average molecular weight is 374 g/mol. The number of rotatable bonds is 8. The molecule has 8 nitrogen and oxygen atoms in total. The average Bonchev–Trinajstić information content (AvgIpc) is 2.67. The van der Waals surface area contributed by atoms with Crippen LogP contribution in [0.4, 0.5) is 11.4 Å². The maximum absolute atomic E-state index is 12.2. The first-order chi connectivity index (χ1) is 13.0. The number of hydrogen-bond acceptors (Lipinski definition) is 6. The van der Waals surface area contributed by atoms with Gasteiger partial charge in [-0.1, -0.05) is 0 Å². The zero-order valence-corrected chi connectivity index (χ0v) is 15.6. The van der Waals surface area contributed by atoms with Gasteiger partial charge in [-0.25, -0.2) is 0 Å². The normalized spacial score (nSPS) is 9.93. The Balaban J connectivity index is 2.01. The molecule has 0 aliphatic heterocycles. The molecular formula is C19H22N2O6. The number of ether oxygens (including phenoxy) is 4. The van der Waals surface area contributed by atoms with E-state index in [0.29, 0.717) is 34.4 Å². The molecule has 0 bridgehead atoms. The summed E-state index contributed by atoms with van der Waals surface area (Å²) in [7, 11) is 6.02. The SMILES string of the molecule is COc1ccc(OC)c(NC(=O)CC(=O)Nc2ccc(OC)c(OC)c2)c1. The first-order valence-corrected chi connectivity index (χ1v) is 8.04. The number of benzene rings is 2. The largest absolute Gasteiger partial charge is 0.497 e. The fourth-order valence-corrected chi connectivity index (χ4v) is 2.37. The molecule has 0 saturated heterocycles. The van der Waals surface area contributed by atoms with Gasteiger partial charge in [-0.05, 0) is 24.3 Å². The number of anilines is 2. The Hall–Kier alpha value is -3.42. The third-order valence-corrected chi connectivity index (χ3v) is 3.67. The predicted octanol–water partition coefficient (Wildman–Crippen LogP) is 2.69. The van der Waals surface area contributed by atoms with E-state index in [-0.39, 0.29) is 6.42 Å². The van der Waals surface area contributed by atoms with E-state index in [1.807, 2.05) is 0 Å². The van der Waals surface area contributed by atoms with Crippen LogP contribution in [0.3, 0.4) is 0 Å². The van der Waals surface area contributed by atoms with Gasteiger partial charge in [-0.3, -0.25) is 9.59 Å². The third-order valence-electron chi connectivity index (χ3n) is 3.67. The van der Waals surface area contributed by atoms with Crippen LogP contribution in [0.2, 0.25) is 0 Å². The van der Waals surface area contributed by atoms with E-state index in [1.54, 1.807) is 36.4 Å². The van der Waals surface area contributed by atoms with Crippen molar-refractivity contribution in [2.24, 2.45) is 0 Å². The summed E-state index contributed by atoms with van der Waals surface area (Å²) in [6, 6.07) is 9.91. The fourth-order valence-electron chi connectivity index (χ4n) is 2.37. The van der Waals surface area contributed by atoms with Crippen LogP contribution in [-0.2, 0) is 9.59 Å². The molecule has 0 saturated carbocycles. The molecule has 144 valence electrons. The lowest BCUT2D eigenvalue weighted by Gasteiger charge is -2.12. The molecule has 27 heavy (non-hydrogen) atoms. The van der Waals surface area contributed by atoms with E-state index in [2.05, 4.69) is 10.6 Å². The minimum absolute atomic E-state index is 0.366. The van der Waals surface area contributed by atoms with Crippen LogP contribution < -0.4 is 29.6 Å². The summed E-state index contributed by atoms with van der Waals surface area (Å²) in [6.07, 6.45) is -0.366. The molecule has 0 radical (unpaired) electrons. The summed E-state index contributed by atoms with van der Waals surface area (Å²) in [5.41, 5.74) is 0.908. The van der Waals surface area contributed by atoms with Crippen molar-refractivity contribution in [3.05, 3.63) is 36.4 Å². The van der Waals surface area contributed by atoms with Crippen molar-refractivity contribution in [1.29, 1.82) is 0 Å². The molecule has 0 atom stereocenters. The number of hydrogen-bond donors (Lipinski definition) is 2. The van der Waals surface area contributed by atoms with Crippen molar-refractivity contribution in [2.75, 3.05) is 39.1 Å². The number of carbonyl (C=O) groups is 2. The predicted molar refractivity (Wildman–Crippen MR) is 101 cm³/mol. The van der Waals surface area contributed by atoms with Crippen molar-refractivity contribution in [2.45, 2.75) is 6.42 Å². The molecule has 8 heteroatoms. The van der Waals surface area contributed by atoms with Crippen LogP contribution >= 0.6 is 0 Å².